The van der Waals surface area contributed by atoms with Crippen molar-refractivity contribution in [1.29, 1.82) is 0 Å². The third kappa shape index (κ3) is 2.56. The van der Waals surface area contributed by atoms with Crippen molar-refractivity contribution >= 4 is 21.1 Å². The van der Waals surface area contributed by atoms with Crippen molar-refractivity contribution in [3.63, 3.8) is 0 Å². The summed E-state index contributed by atoms with van der Waals surface area (Å²) in [6.45, 7) is 3.27. The fraction of sp³-hybridized carbons (Fsp3) is 0.500. The van der Waals surface area contributed by atoms with E-state index in [4.69, 9.17) is 4.74 Å². The van der Waals surface area contributed by atoms with Crippen molar-refractivity contribution in [3.8, 4) is 0 Å². The molecule has 1 aromatic heterocycles. The lowest BCUT2D eigenvalue weighted by molar-refractivity contribution is -0.00277. The first kappa shape index (κ1) is 14.5. The van der Waals surface area contributed by atoms with Gasteiger partial charge in [0, 0.05) is 20.1 Å². The van der Waals surface area contributed by atoms with E-state index >= 15 is 0 Å². The highest BCUT2D eigenvalue weighted by Gasteiger charge is 2.30. The summed E-state index contributed by atoms with van der Waals surface area (Å²) < 4.78 is 34.4. The second kappa shape index (κ2) is 5.40. The first-order valence-electron chi connectivity index (χ1n) is 7.05. The highest BCUT2D eigenvalue weighted by molar-refractivity contribution is 7.89. The lowest BCUT2D eigenvalue weighted by atomic mass is 10.2. The molecule has 21 heavy (non-hydrogen) atoms. The van der Waals surface area contributed by atoms with E-state index in [2.05, 4.69) is 4.98 Å². The fourth-order valence-electron chi connectivity index (χ4n) is 2.58. The average molecular weight is 309 g/mol. The van der Waals surface area contributed by atoms with Crippen molar-refractivity contribution in [1.82, 2.24) is 13.9 Å². The van der Waals surface area contributed by atoms with Crippen LogP contribution in [0.4, 0.5) is 0 Å². The topological polar surface area (TPSA) is 64.4 Å². The molecule has 1 aliphatic rings. The summed E-state index contributed by atoms with van der Waals surface area (Å²) in [5.74, 6) is 0. The van der Waals surface area contributed by atoms with E-state index in [9.17, 15) is 8.42 Å². The summed E-state index contributed by atoms with van der Waals surface area (Å²) >= 11 is 0. The second-order valence-electron chi connectivity index (χ2n) is 5.27. The van der Waals surface area contributed by atoms with Crippen molar-refractivity contribution in [2.24, 2.45) is 7.05 Å². The van der Waals surface area contributed by atoms with Gasteiger partial charge in [0.15, 0.2) is 0 Å². The normalized spacial score (nSPS) is 21.0. The molecule has 0 bridgehead atoms. The molecule has 7 heteroatoms. The van der Waals surface area contributed by atoms with E-state index in [1.54, 1.807) is 24.5 Å². The number of benzene rings is 1. The van der Waals surface area contributed by atoms with Crippen molar-refractivity contribution in [2.75, 3.05) is 19.7 Å². The SMILES string of the molecule is CCC1CN(S(=O)(=O)c2ccc3c(c2)ncn3C)CCO1. The number of aryl methyl sites for hydroxylation is 1. The highest BCUT2D eigenvalue weighted by Crippen LogP contribution is 2.23. The standard InChI is InChI=1S/C14H19N3O3S/c1-3-11-9-17(6-7-20-11)21(18,19)12-4-5-14-13(8-12)15-10-16(14)2/h4-5,8,10-11H,3,6-7,9H2,1-2H3. The predicted molar refractivity (Wildman–Crippen MR) is 79.5 cm³/mol. The van der Waals surface area contributed by atoms with E-state index in [-0.39, 0.29) is 6.10 Å². The highest BCUT2D eigenvalue weighted by atomic mass is 32.2. The van der Waals surface area contributed by atoms with Gasteiger partial charge >= 0.3 is 0 Å². The Morgan fingerprint density at radius 2 is 2.24 bits per heavy atom. The van der Waals surface area contributed by atoms with Crippen LogP contribution in [0.2, 0.25) is 0 Å². The summed E-state index contributed by atoms with van der Waals surface area (Å²) in [5, 5.41) is 0. The van der Waals surface area contributed by atoms with Gasteiger partial charge in [-0.2, -0.15) is 4.31 Å². The quantitative estimate of drug-likeness (QED) is 0.859. The maximum absolute atomic E-state index is 12.7. The number of rotatable bonds is 3. The third-order valence-electron chi connectivity index (χ3n) is 3.89. The lowest BCUT2D eigenvalue weighted by Crippen LogP contribution is -2.45. The molecule has 0 saturated carbocycles. The van der Waals surface area contributed by atoms with Gasteiger partial charge in [0.2, 0.25) is 10.0 Å². The van der Waals surface area contributed by atoms with Gasteiger partial charge in [0.1, 0.15) is 0 Å². The summed E-state index contributed by atoms with van der Waals surface area (Å²) in [6, 6.07) is 5.09. The van der Waals surface area contributed by atoms with Gasteiger partial charge in [-0.3, -0.25) is 0 Å². The van der Waals surface area contributed by atoms with Crippen LogP contribution in [0.25, 0.3) is 11.0 Å². The van der Waals surface area contributed by atoms with Crippen molar-refractivity contribution in [2.45, 2.75) is 24.3 Å². The van der Waals surface area contributed by atoms with Crippen LogP contribution in [0.5, 0.6) is 0 Å². The van der Waals surface area contributed by atoms with Crippen LogP contribution < -0.4 is 0 Å². The number of fused-ring (bicyclic) bond motifs is 1. The molecule has 2 heterocycles. The van der Waals surface area contributed by atoms with Crippen LogP contribution in [0.3, 0.4) is 0 Å². The molecule has 1 atom stereocenters. The molecule has 0 spiro atoms. The zero-order chi connectivity index (χ0) is 15.0. The Labute approximate surface area is 124 Å². The van der Waals surface area contributed by atoms with Crippen LogP contribution in [-0.2, 0) is 21.8 Å². The molecule has 2 aromatic rings. The maximum atomic E-state index is 12.7. The molecule has 1 unspecified atom stereocenters. The van der Waals surface area contributed by atoms with Gasteiger partial charge < -0.3 is 9.30 Å². The van der Waals surface area contributed by atoms with Crippen LogP contribution in [-0.4, -0.2) is 48.1 Å². The number of ether oxygens (including phenoxy) is 1. The molecular weight excluding hydrogens is 290 g/mol. The van der Waals surface area contributed by atoms with E-state index < -0.39 is 10.0 Å². The Balaban J connectivity index is 1.95. The zero-order valence-electron chi connectivity index (χ0n) is 12.2. The molecule has 6 nitrogen and oxygen atoms in total. The van der Waals surface area contributed by atoms with Gasteiger partial charge in [0.25, 0.3) is 0 Å². The van der Waals surface area contributed by atoms with Gasteiger partial charge in [-0.15, -0.1) is 0 Å². The fourth-order valence-corrected chi connectivity index (χ4v) is 4.06. The maximum Gasteiger partial charge on any atom is 0.243 e. The minimum atomic E-state index is -3.48. The summed E-state index contributed by atoms with van der Waals surface area (Å²) in [5.41, 5.74) is 1.61. The molecule has 3 rings (SSSR count). The van der Waals surface area contributed by atoms with E-state index in [1.165, 1.54) is 4.31 Å². The first-order chi connectivity index (χ1) is 10.0. The minimum absolute atomic E-state index is 0.0212. The van der Waals surface area contributed by atoms with Crippen LogP contribution in [0.15, 0.2) is 29.4 Å². The van der Waals surface area contributed by atoms with E-state index in [0.29, 0.717) is 30.1 Å². The first-order valence-corrected chi connectivity index (χ1v) is 8.49. The van der Waals surface area contributed by atoms with Crippen molar-refractivity contribution < 1.29 is 13.2 Å². The smallest absolute Gasteiger partial charge is 0.243 e. The second-order valence-corrected chi connectivity index (χ2v) is 7.21. The molecule has 1 aromatic carbocycles. The Morgan fingerprint density at radius 1 is 1.43 bits per heavy atom. The average Bonchev–Trinajstić information content (AvgIpc) is 2.88. The lowest BCUT2D eigenvalue weighted by Gasteiger charge is -2.31. The van der Waals surface area contributed by atoms with Gasteiger partial charge in [-0.05, 0) is 24.6 Å². The molecule has 1 aliphatic heterocycles. The van der Waals surface area contributed by atoms with Crippen LogP contribution in [0, 0.1) is 0 Å². The summed E-state index contributed by atoms with van der Waals surface area (Å²) in [7, 11) is -1.60. The number of aromatic nitrogens is 2. The number of hydrogen-bond acceptors (Lipinski definition) is 4. The molecule has 1 saturated heterocycles. The molecule has 0 amide bonds. The van der Waals surface area contributed by atoms with Crippen LogP contribution >= 0.6 is 0 Å². The molecular formula is C14H19N3O3S. The van der Waals surface area contributed by atoms with Gasteiger partial charge in [0.05, 0.1) is 35.0 Å². The Bertz CT molecular complexity index is 754. The Hall–Kier alpha value is -1.44. The zero-order valence-corrected chi connectivity index (χ0v) is 13.0. The summed E-state index contributed by atoms with van der Waals surface area (Å²) in [4.78, 5) is 4.52. The molecule has 0 radical (unpaired) electrons. The van der Waals surface area contributed by atoms with Gasteiger partial charge in [-0.25, -0.2) is 13.4 Å². The minimum Gasteiger partial charge on any atom is -0.375 e. The summed E-state index contributed by atoms with van der Waals surface area (Å²) in [6.07, 6.45) is 2.47. The Kier molecular flexibility index (Phi) is 3.73. The number of hydrogen-bond donors (Lipinski definition) is 0. The van der Waals surface area contributed by atoms with Crippen LogP contribution in [0.1, 0.15) is 13.3 Å². The Morgan fingerprint density at radius 3 is 3.00 bits per heavy atom. The molecule has 0 aliphatic carbocycles. The number of imidazole rings is 1. The number of nitrogens with zero attached hydrogens (tertiary/aromatic N) is 3. The molecule has 0 N–H and O–H groups in total. The third-order valence-corrected chi connectivity index (χ3v) is 5.75. The number of sulfonamides is 1. The van der Waals surface area contributed by atoms with Crippen molar-refractivity contribution in [3.05, 3.63) is 24.5 Å². The van der Waals surface area contributed by atoms with E-state index in [0.717, 1.165) is 11.9 Å². The number of morpholine rings is 1. The predicted octanol–water partition coefficient (Wildman–Crippen LogP) is 1.37. The monoisotopic (exact) mass is 309 g/mol. The molecule has 1 fully saturated rings. The largest absolute Gasteiger partial charge is 0.375 e. The van der Waals surface area contributed by atoms with E-state index in [1.807, 2.05) is 18.5 Å². The molecule has 114 valence electrons. The van der Waals surface area contributed by atoms with Gasteiger partial charge in [-0.1, -0.05) is 6.92 Å².